The summed E-state index contributed by atoms with van der Waals surface area (Å²) in [7, 11) is 0. The molecule has 1 aliphatic heterocycles. The van der Waals surface area contributed by atoms with E-state index in [-0.39, 0.29) is 5.91 Å². The van der Waals surface area contributed by atoms with Crippen LogP contribution in [0.4, 0.5) is 0 Å². The molecule has 1 saturated heterocycles. The quantitative estimate of drug-likeness (QED) is 0.885. The van der Waals surface area contributed by atoms with Crippen LogP contribution in [-0.4, -0.2) is 35.7 Å². The Morgan fingerprint density at radius 1 is 1.14 bits per heavy atom. The number of aliphatic carboxylic acids is 1. The van der Waals surface area contributed by atoms with E-state index in [0.717, 1.165) is 19.3 Å². The second kappa shape index (κ2) is 5.48. The topological polar surface area (TPSA) is 75.6 Å². The van der Waals surface area contributed by atoms with Crippen LogP contribution in [0.5, 0.6) is 0 Å². The third-order valence-electron chi connectivity index (χ3n) is 4.47. The highest BCUT2D eigenvalue weighted by Gasteiger charge is 2.41. The third-order valence-corrected chi connectivity index (χ3v) is 4.47. The number of carbonyl (C=O) groups is 2. The summed E-state index contributed by atoms with van der Waals surface area (Å²) in [4.78, 5) is 24.0. The maximum absolute atomic E-state index is 12.4. The Morgan fingerprint density at radius 3 is 2.57 bits per heavy atom. The highest BCUT2D eigenvalue weighted by molar-refractivity contribution is 5.98. The number of hydrogen-bond acceptors (Lipinski definition) is 3. The van der Waals surface area contributed by atoms with Gasteiger partial charge in [0, 0.05) is 31.6 Å². The van der Waals surface area contributed by atoms with E-state index < -0.39 is 11.5 Å². The molecule has 0 bridgehead atoms. The van der Waals surface area contributed by atoms with Crippen LogP contribution in [0.1, 0.15) is 40.7 Å². The first-order chi connectivity index (χ1) is 10.1. The van der Waals surface area contributed by atoms with Crippen LogP contribution in [0.2, 0.25) is 0 Å². The number of ether oxygens (including phenoxy) is 1. The molecular weight excluding hydrogens is 270 g/mol. The van der Waals surface area contributed by atoms with E-state index in [4.69, 9.17) is 4.74 Å². The number of carbonyl (C=O) groups excluding carboxylic acids is 1. The van der Waals surface area contributed by atoms with Crippen molar-refractivity contribution in [2.24, 2.45) is 0 Å². The van der Waals surface area contributed by atoms with Crippen LogP contribution in [0.15, 0.2) is 18.2 Å². The van der Waals surface area contributed by atoms with Crippen molar-refractivity contribution >= 4 is 11.9 Å². The van der Waals surface area contributed by atoms with E-state index >= 15 is 0 Å². The van der Waals surface area contributed by atoms with Crippen LogP contribution in [0, 0.1) is 0 Å². The van der Waals surface area contributed by atoms with Gasteiger partial charge in [-0.3, -0.25) is 4.79 Å². The van der Waals surface area contributed by atoms with Crippen molar-refractivity contribution in [3.63, 3.8) is 0 Å². The molecule has 0 saturated carbocycles. The molecule has 1 amide bonds. The Morgan fingerprint density at radius 2 is 1.86 bits per heavy atom. The van der Waals surface area contributed by atoms with Crippen molar-refractivity contribution in [2.45, 2.75) is 37.6 Å². The molecule has 1 aromatic carbocycles. The van der Waals surface area contributed by atoms with Gasteiger partial charge in [0.15, 0.2) is 0 Å². The Bertz CT molecular complexity index is 576. The van der Waals surface area contributed by atoms with Crippen molar-refractivity contribution in [1.82, 2.24) is 5.32 Å². The van der Waals surface area contributed by atoms with E-state index in [9.17, 15) is 14.7 Å². The van der Waals surface area contributed by atoms with Gasteiger partial charge in [-0.05, 0) is 42.5 Å². The highest BCUT2D eigenvalue weighted by Crippen LogP contribution is 2.25. The number of benzene rings is 1. The molecule has 0 unspecified atom stereocenters. The minimum atomic E-state index is -1.20. The summed E-state index contributed by atoms with van der Waals surface area (Å²) in [5.41, 5.74) is 1.85. The first-order valence-electron chi connectivity index (χ1n) is 7.36. The van der Waals surface area contributed by atoms with Gasteiger partial charge in [0.05, 0.1) is 0 Å². The van der Waals surface area contributed by atoms with E-state index in [2.05, 4.69) is 5.32 Å². The largest absolute Gasteiger partial charge is 0.480 e. The van der Waals surface area contributed by atoms with Gasteiger partial charge in [0.2, 0.25) is 0 Å². The summed E-state index contributed by atoms with van der Waals surface area (Å²) in [6.07, 6.45) is 3.79. The fourth-order valence-electron chi connectivity index (χ4n) is 3.11. The molecule has 1 heterocycles. The van der Waals surface area contributed by atoms with Gasteiger partial charge in [-0.1, -0.05) is 6.07 Å². The maximum atomic E-state index is 12.4. The minimum Gasteiger partial charge on any atom is -0.480 e. The molecule has 112 valence electrons. The first-order valence-corrected chi connectivity index (χ1v) is 7.36. The van der Waals surface area contributed by atoms with Gasteiger partial charge in [-0.2, -0.15) is 0 Å². The van der Waals surface area contributed by atoms with Gasteiger partial charge in [-0.25, -0.2) is 4.79 Å². The molecule has 2 N–H and O–H groups in total. The number of amides is 1. The number of carboxylic acid groups (broad SMARTS) is 1. The number of fused-ring (bicyclic) bond motifs is 1. The summed E-state index contributed by atoms with van der Waals surface area (Å²) in [6, 6.07) is 5.66. The monoisotopic (exact) mass is 289 g/mol. The fraction of sp³-hybridized carbons (Fsp3) is 0.500. The van der Waals surface area contributed by atoms with Gasteiger partial charge < -0.3 is 15.2 Å². The highest BCUT2D eigenvalue weighted by atomic mass is 16.5. The first kappa shape index (κ1) is 14.1. The summed E-state index contributed by atoms with van der Waals surface area (Å²) in [5.74, 6) is -1.30. The van der Waals surface area contributed by atoms with E-state index in [1.54, 1.807) is 6.07 Å². The Labute approximate surface area is 123 Å². The van der Waals surface area contributed by atoms with Gasteiger partial charge in [0.1, 0.15) is 5.54 Å². The number of rotatable bonds is 3. The van der Waals surface area contributed by atoms with Crippen LogP contribution < -0.4 is 5.32 Å². The molecule has 21 heavy (non-hydrogen) atoms. The molecule has 1 aliphatic carbocycles. The van der Waals surface area contributed by atoms with E-state index in [1.807, 2.05) is 12.1 Å². The fourth-order valence-corrected chi connectivity index (χ4v) is 3.11. The summed E-state index contributed by atoms with van der Waals surface area (Å²) in [5, 5.41) is 12.2. The number of nitrogens with one attached hydrogen (secondary N) is 1. The average molecular weight is 289 g/mol. The number of carboxylic acids is 1. The van der Waals surface area contributed by atoms with Gasteiger partial charge >= 0.3 is 5.97 Å². The smallest absolute Gasteiger partial charge is 0.329 e. The zero-order chi connectivity index (χ0) is 14.9. The van der Waals surface area contributed by atoms with Crippen LogP contribution in [0.3, 0.4) is 0 Å². The van der Waals surface area contributed by atoms with Crippen molar-refractivity contribution in [2.75, 3.05) is 13.2 Å². The molecule has 5 nitrogen and oxygen atoms in total. The lowest BCUT2D eigenvalue weighted by Gasteiger charge is -2.33. The van der Waals surface area contributed by atoms with Crippen LogP contribution in [-0.2, 0) is 22.4 Å². The Kier molecular flexibility index (Phi) is 3.68. The third kappa shape index (κ3) is 2.65. The normalized spacial score (nSPS) is 19.8. The average Bonchev–Trinajstić information content (AvgIpc) is 2.95. The van der Waals surface area contributed by atoms with Gasteiger partial charge in [-0.15, -0.1) is 0 Å². The molecule has 3 rings (SSSR count). The lowest BCUT2D eigenvalue weighted by atomic mass is 9.89. The molecule has 5 heteroatoms. The molecular formula is C16H19NO4. The minimum absolute atomic E-state index is 0.305. The van der Waals surface area contributed by atoms with Crippen molar-refractivity contribution in [1.29, 1.82) is 0 Å². The summed E-state index contributed by atoms with van der Waals surface area (Å²) < 4.78 is 5.21. The number of hydrogen-bond donors (Lipinski definition) is 2. The van der Waals surface area contributed by atoms with E-state index in [1.165, 1.54) is 11.1 Å². The Balaban J connectivity index is 1.80. The predicted molar refractivity (Wildman–Crippen MR) is 76.4 cm³/mol. The summed E-state index contributed by atoms with van der Waals surface area (Å²) >= 11 is 0. The zero-order valence-corrected chi connectivity index (χ0v) is 11.9. The van der Waals surface area contributed by atoms with Crippen LogP contribution >= 0.6 is 0 Å². The lowest BCUT2D eigenvalue weighted by molar-refractivity contribution is -0.148. The molecule has 0 aromatic heterocycles. The van der Waals surface area contributed by atoms with E-state index in [0.29, 0.717) is 31.6 Å². The Hall–Kier alpha value is -1.88. The second-order valence-corrected chi connectivity index (χ2v) is 5.79. The zero-order valence-electron chi connectivity index (χ0n) is 11.9. The molecule has 2 aliphatic rings. The maximum Gasteiger partial charge on any atom is 0.329 e. The van der Waals surface area contributed by atoms with Crippen molar-refractivity contribution in [3.8, 4) is 0 Å². The molecule has 0 spiro atoms. The molecule has 0 atom stereocenters. The molecule has 0 radical (unpaired) electrons. The molecule has 1 fully saturated rings. The number of aryl methyl sites for hydroxylation is 2. The van der Waals surface area contributed by atoms with Crippen molar-refractivity contribution < 1.29 is 19.4 Å². The summed E-state index contributed by atoms with van der Waals surface area (Å²) in [6.45, 7) is 0.716. The van der Waals surface area contributed by atoms with Gasteiger partial charge in [0.25, 0.3) is 5.91 Å². The SMILES string of the molecule is O=C(NC1(C(=O)O)CCOCC1)c1ccc2c(c1)CCC2. The second-order valence-electron chi connectivity index (χ2n) is 5.79. The van der Waals surface area contributed by atoms with Crippen molar-refractivity contribution in [3.05, 3.63) is 34.9 Å². The molecule has 1 aromatic rings. The predicted octanol–water partition coefficient (Wildman–Crippen LogP) is 1.54. The standard InChI is InChI=1S/C16H19NO4/c18-14(13-5-4-11-2-1-3-12(11)10-13)17-16(15(19)20)6-8-21-9-7-16/h4-5,10H,1-3,6-9H2,(H,17,18)(H,19,20). The van der Waals surface area contributed by atoms with Crippen LogP contribution in [0.25, 0.3) is 0 Å². The lowest BCUT2D eigenvalue weighted by Crippen LogP contribution is -2.57.